The number of amides is 1. The zero-order valence-electron chi connectivity index (χ0n) is 15.0. The van der Waals surface area contributed by atoms with Crippen LogP contribution < -0.4 is 14.8 Å². The van der Waals surface area contributed by atoms with E-state index in [-0.39, 0.29) is 5.91 Å². The van der Waals surface area contributed by atoms with Gasteiger partial charge in [0.2, 0.25) is 5.91 Å². The summed E-state index contributed by atoms with van der Waals surface area (Å²) in [6.45, 7) is 7.48. The highest BCUT2D eigenvalue weighted by atomic mass is 16.5. The molecule has 25 heavy (non-hydrogen) atoms. The van der Waals surface area contributed by atoms with Crippen molar-refractivity contribution in [2.45, 2.75) is 27.3 Å². The van der Waals surface area contributed by atoms with E-state index in [0.29, 0.717) is 25.5 Å². The van der Waals surface area contributed by atoms with Gasteiger partial charge >= 0.3 is 0 Å². The molecule has 2 rings (SSSR count). The minimum absolute atomic E-state index is 0.132. The fourth-order valence-corrected chi connectivity index (χ4v) is 2.30. The summed E-state index contributed by atoms with van der Waals surface area (Å²) < 4.78 is 11.1. The van der Waals surface area contributed by atoms with Gasteiger partial charge in [-0.25, -0.2) is 0 Å². The van der Waals surface area contributed by atoms with E-state index in [4.69, 9.17) is 9.47 Å². The first-order valence-electron chi connectivity index (χ1n) is 8.53. The summed E-state index contributed by atoms with van der Waals surface area (Å²) in [6.07, 6.45) is 3.35. The second kappa shape index (κ2) is 9.52. The minimum Gasteiger partial charge on any atom is -0.490 e. The molecule has 1 amide bonds. The predicted octanol–water partition coefficient (Wildman–Crippen LogP) is 4.12. The number of aryl methyl sites for hydroxylation is 1. The van der Waals surface area contributed by atoms with Gasteiger partial charge in [0.05, 0.1) is 13.2 Å². The lowest BCUT2D eigenvalue weighted by atomic mass is 10.1. The lowest BCUT2D eigenvalue weighted by Crippen LogP contribution is -2.20. The standard InChI is InChI=1S/C21H25NO3/c1-4-24-19-12-10-18(14-20(19)25-5-2)15-22-21(23)13-11-17-8-6-16(3)7-9-17/h6-14H,4-5,15H2,1-3H3,(H,22,23)/b13-11+. The fraction of sp³-hybridized carbons (Fsp3) is 0.286. The van der Waals surface area contributed by atoms with Gasteiger partial charge in [0.1, 0.15) is 0 Å². The average molecular weight is 339 g/mol. The zero-order valence-corrected chi connectivity index (χ0v) is 15.0. The Bertz CT molecular complexity index is 720. The van der Waals surface area contributed by atoms with Gasteiger partial charge in [0, 0.05) is 12.6 Å². The van der Waals surface area contributed by atoms with Crippen molar-refractivity contribution in [2.75, 3.05) is 13.2 Å². The third-order valence-electron chi connectivity index (χ3n) is 3.58. The molecule has 0 unspecified atom stereocenters. The highest BCUT2D eigenvalue weighted by Crippen LogP contribution is 2.28. The van der Waals surface area contributed by atoms with E-state index in [1.807, 2.05) is 63.2 Å². The van der Waals surface area contributed by atoms with Crippen molar-refractivity contribution in [1.29, 1.82) is 0 Å². The van der Waals surface area contributed by atoms with Crippen LogP contribution in [0.4, 0.5) is 0 Å². The molecule has 0 aliphatic carbocycles. The molecule has 0 atom stereocenters. The van der Waals surface area contributed by atoms with Crippen LogP contribution in [0.15, 0.2) is 48.5 Å². The van der Waals surface area contributed by atoms with Crippen LogP contribution in [0.5, 0.6) is 11.5 Å². The maximum atomic E-state index is 12.0. The van der Waals surface area contributed by atoms with Crippen LogP contribution in [0.2, 0.25) is 0 Å². The molecule has 0 saturated carbocycles. The van der Waals surface area contributed by atoms with Crippen LogP contribution in [0.3, 0.4) is 0 Å². The number of carbonyl (C=O) groups is 1. The first-order chi connectivity index (χ1) is 12.1. The lowest BCUT2D eigenvalue weighted by Gasteiger charge is -2.12. The molecule has 2 aromatic rings. The van der Waals surface area contributed by atoms with E-state index >= 15 is 0 Å². The summed E-state index contributed by atoms with van der Waals surface area (Å²) >= 11 is 0. The number of hydrogen-bond donors (Lipinski definition) is 1. The Morgan fingerprint density at radius 2 is 1.68 bits per heavy atom. The van der Waals surface area contributed by atoms with Crippen LogP contribution in [-0.4, -0.2) is 19.1 Å². The molecule has 0 aliphatic heterocycles. The van der Waals surface area contributed by atoms with Crippen molar-refractivity contribution in [3.05, 3.63) is 65.2 Å². The molecule has 132 valence electrons. The Labute approximate surface area is 149 Å². The molecular weight excluding hydrogens is 314 g/mol. The van der Waals surface area contributed by atoms with E-state index in [1.54, 1.807) is 12.2 Å². The van der Waals surface area contributed by atoms with E-state index < -0.39 is 0 Å². The average Bonchev–Trinajstić information content (AvgIpc) is 2.62. The molecule has 0 bridgehead atoms. The maximum Gasteiger partial charge on any atom is 0.244 e. The zero-order chi connectivity index (χ0) is 18.1. The third-order valence-corrected chi connectivity index (χ3v) is 3.58. The molecule has 0 aromatic heterocycles. The third kappa shape index (κ3) is 5.99. The molecule has 2 aromatic carbocycles. The largest absolute Gasteiger partial charge is 0.490 e. The van der Waals surface area contributed by atoms with Crippen molar-refractivity contribution in [1.82, 2.24) is 5.32 Å². The summed E-state index contributed by atoms with van der Waals surface area (Å²) in [5.74, 6) is 1.29. The van der Waals surface area contributed by atoms with Crippen molar-refractivity contribution in [3.63, 3.8) is 0 Å². The first-order valence-corrected chi connectivity index (χ1v) is 8.53. The van der Waals surface area contributed by atoms with E-state index in [0.717, 1.165) is 16.9 Å². The van der Waals surface area contributed by atoms with E-state index in [2.05, 4.69) is 5.32 Å². The van der Waals surface area contributed by atoms with Gasteiger partial charge in [-0.1, -0.05) is 35.9 Å². The Morgan fingerprint density at radius 3 is 2.36 bits per heavy atom. The van der Waals surface area contributed by atoms with Crippen LogP contribution in [-0.2, 0) is 11.3 Å². The second-order valence-corrected chi connectivity index (χ2v) is 5.61. The van der Waals surface area contributed by atoms with Gasteiger partial charge in [-0.2, -0.15) is 0 Å². The predicted molar refractivity (Wildman–Crippen MR) is 101 cm³/mol. The number of benzene rings is 2. The van der Waals surface area contributed by atoms with Crippen molar-refractivity contribution >= 4 is 12.0 Å². The Balaban J connectivity index is 1.94. The summed E-state index contributed by atoms with van der Waals surface area (Å²) in [6, 6.07) is 13.7. The normalized spacial score (nSPS) is 10.7. The van der Waals surface area contributed by atoms with Crippen molar-refractivity contribution < 1.29 is 14.3 Å². The summed E-state index contributed by atoms with van der Waals surface area (Å²) in [4.78, 5) is 12.0. The molecule has 4 heteroatoms. The maximum absolute atomic E-state index is 12.0. The van der Waals surface area contributed by atoms with Gasteiger partial charge in [-0.15, -0.1) is 0 Å². The minimum atomic E-state index is -0.132. The molecule has 0 spiro atoms. The quantitative estimate of drug-likeness (QED) is 0.736. The van der Waals surface area contributed by atoms with Gasteiger partial charge < -0.3 is 14.8 Å². The lowest BCUT2D eigenvalue weighted by molar-refractivity contribution is -0.116. The summed E-state index contributed by atoms with van der Waals surface area (Å²) in [7, 11) is 0. The van der Waals surface area contributed by atoms with Gasteiger partial charge in [-0.3, -0.25) is 4.79 Å². The molecule has 0 heterocycles. The van der Waals surface area contributed by atoms with Crippen LogP contribution in [0, 0.1) is 6.92 Å². The first kappa shape index (κ1) is 18.6. The van der Waals surface area contributed by atoms with Crippen LogP contribution in [0.25, 0.3) is 6.08 Å². The topological polar surface area (TPSA) is 47.6 Å². The smallest absolute Gasteiger partial charge is 0.244 e. The molecule has 0 aliphatic rings. The Hall–Kier alpha value is -2.75. The number of nitrogens with one attached hydrogen (secondary N) is 1. The van der Waals surface area contributed by atoms with Crippen LogP contribution in [0.1, 0.15) is 30.5 Å². The SMILES string of the molecule is CCOc1ccc(CNC(=O)/C=C/c2ccc(C)cc2)cc1OCC. The number of rotatable bonds is 8. The Kier molecular flexibility index (Phi) is 7.08. The van der Waals surface area contributed by atoms with Gasteiger partial charge in [0.15, 0.2) is 11.5 Å². The van der Waals surface area contributed by atoms with Gasteiger partial charge in [0.25, 0.3) is 0 Å². The Morgan fingerprint density at radius 1 is 1.00 bits per heavy atom. The molecule has 0 saturated heterocycles. The molecule has 4 nitrogen and oxygen atoms in total. The molecular formula is C21H25NO3. The van der Waals surface area contributed by atoms with Crippen molar-refractivity contribution in [2.24, 2.45) is 0 Å². The second-order valence-electron chi connectivity index (χ2n) is 5.61. The monoisotopic (exact) mass is 339 g/mol. The molecule has 0 radical (unpaired) electrons. The fourth-order valence-electron chi connectivity index (χ4n) is 2.30. The summed E-state index contributed by atoms with van der Waals surface area (Å²) in [5, 5.41) is 2.88. The van der Waals surface area contributed by atoms with Gasteiger partial charge in [-0.05, 0) is 50.1 Å². The van der Waals surface area contributed by atoms with Crippen LogP contribution >= 0.6 is 0 Å². The molecule has 0 fully saturated rings. The number of hydrogen-bond acceptors (Lipinski definition) is 3. The number of ether oxygens (including phenoxy) is 2. The summed E-state index contributed by atoms with van der Waals surface area (Å²) in [5.41, 5.74) is 3.16. The highest BCUT2D eigenvalue weighted by Gasteiger charge is 2.06. The molecule has 1 N–H and O–H groups in total. The van der Waals surface area contributed by atoms with E-state index in [9.17, 15) is 4.79 Å². The van der Waals surface area contributed by atoms with E-state index in [1.165, 1.54) is 5.56 Å². The van der Waals surface area contributed by atoms with Crippen molar-refractivity contribution in [3.8, 4) is 11.5 Å². The highest BCUT2D eigenvalue weighted by molar-refractivity contribution is 5.91. The number of carbonyl (C=O) groups excluding carboxylic acids is 1.